The molecule has 0 amide bonds. The predicted octanol–water partition coefficient (Wildman–Crippen LogP) is 2.31. The number of pyridine rings is 1. The third-order valence-corrected chi connectivity index (χ3v) is 2.49. The Bertz CT molecular complexity index is 328. The van der Waals surface area contributed by atoms with E-state index in [4.69, 9.17) is 0 Å². The van der Waals surface area contributed by atoms with Gasteiger partial charge in [0.25, 0.3) is 0 Å². The Morgan fingerprint density at radius 2 is 2.00 bits per heavy atom. The Balaban J connectivity index is 2.03. The van der Waals surface area contributed by atoms with E-state index in [1.807, 2.05) is 0 Å². The van der Waals surface area contributed by atoms with Gasteiger partial charge in [0.2, 0.25) is 0 Å². The zero-order valence-electron chi connectivity index (χ0n) is 8.09. The summed E-state index contributed by atoms with van der Waals surface area (Å²) in [5, 5.41) is 0. The van der Waals surface area contributed by atoms with Gasteiger partial charge in [0.05, 0.1) is 11.3 Å². The largest absolute Gasteiger partial charge is 0.417 e. The first-order chi connectivity index (χ1) is 7.05. The lowest BCUT2D eigenvalue weighted by molar-refractivity contribution is -0.137. The van der Waals surface area contributed by atoms with Crippen molar-refractivity contribution in [3.05, 3.63) is 29.6 Å². The normalized spacial score (nSPS) is 17.5. The van der Waals surface area contributed by atoms with Crippen LogP contribution in [-0.2, 0) is 12.7 Å². The Kier molecular flexibility index (Phi) is 2.65. The lowest BCUT2D eigenvalue weighted by Gasteiger charge is -2.30. The molecule has 5 heteroatoms. The van der Waals surface area contributed by atoms with Crippen LogP contribution in [0.5, 0.6) is 0 Å². The number of halogens is 3. The molecule has 82 valence electrons. The third kappa shape index (κ3) is 2.47. The maximum absolute atomic E-state index is 12.2. The second-order valence-corrected chi connectivity index (χ2v) is 3.67. The van der Waals surface area contributed by atoms with Gasteiger partial charge in [-0.3, -0.25) is 9.88 Å². The molecular formula is C10H11F3N2. The molecule has 0 aliphatic carbocycles. The van der Waals surface area contributed by atoms with Crippen LogP contribution in [-0.4, -0.2) is 23.0 Å². The van der Waals surface area contributed by atoms with E-state index in [0.717, 1.165) is 25.4 Å². The lowest BCUT2D eigenvalue weighted by atomic mass is 10.2. The van der Waals surface area contributed by atoms with Crippen molar-refractivity contribution in [1.29, 1.82) is 0 Å². The Morgan fingerprint density at radius 1 is 1.27 bits per heavy atom. The molecule has 2 nitrogen and oxygen atoms in total. The lowest BCUT2D eigenvalue weighted by Crippen LogP contribution is -2.36. The molecule has 0 bridgehead atoms. The van der Waals surface area contributed by atoms with Gasteiger partial charge in [0, 0.05) is 12.7 Å². The molecule has 0 spiro atoms. The van der Waals surface area contributed by atoms with E-state index in [0.29, 0.717) is 12.2 Å². The van der Waals surface area contributed by atoms with E-state index in [1.54, 1.807) is 0 Å². The maximum atomic E-state index is 12.2. The minimum absolute atomic E-state index is 0.651. The van der Waals surface area contributed by atoms with E-state index < -0.39 is 11.7 Å². The number of aromatic nitrogens is 1. The van der Waals surface area contributed by atoms with Crippen molar-refractivity contribution < 1.29 is 13.2 Å². The van der Waals surface area contributed by atoms with Crippen LogP contribution in [0.25, 0.3) is 0 Å². The summed E-state index contributed by atoms with van der Waals surface area (Å²) < 4.78 is 36.6. The Labute approximate surface area is 85.7 Å². The van der Waals surface area contributed by atoms with Crippen molar-refractivity contribution in [3.63, 3.8) is 0 Å². The molecule has 0 radical (unpaired) electrons. The van der Waals surface area contributed by atoms with Crippen LogP contribution >= 0.6 is 0 Å². The van der Waals surface area contributed by atoms with Gasteiger partial charge < -0.3 is 0 Å². The molecule has 1 aromatic heterocycles. The molecule has 1 fully saturated rings. The summed E-state index contributed by atoms with van der Waals surface area (Å²) in [7, 11) is 0. The van der Waals surface area contributed by atoms with Gasteiger partial charge in [0.1, 0.15) is 0 Å². The second-order valence-electron chi connectivity index (χ2n) is 3.67. The smallest absolute Gasteiger partial charge is 0.297 e. The predicted molar refractivity (Wildman–Crippen MR) is 49.1 cm³/mol. The molecule has 0 atom stereocenters. The third-order valence-electron chi connectivity index (χ3n) is 2.49. The number of rotatable bonds is 2. The van der Waals surface area contributed by atoms with Crippen molar-refractivity contribution in [2.24, 2.45) is 0 Å². The Morgan fingerprint density at radius 3 is 2.40 bits per heavy atom. The van der Waals surface area contributed by atoms with E-state index in [-0.39, 0.29) is 0 Å². The highest BCUT2D eigenvalue weighted by atomic mass is 19.4. The summed E-state index contributed by atoms with van der Waals surface area (Å²) in [6, 6.07) is 2.53. The molecule has 2 rings (SSSR count). The first-order valence-corrected chi connectivity index (χ1v) is 4.80. The van der Waals surface area contributed by atoms with E-state index in [9.17, 15) is 13.2 Å². The molecule has 0 unspecified atom stereocenters. The molecule has 1 aromatic rings. The summed E-state index contributed by atoms with van der Waals surface area (Å²) in [5.41, 5.74) is 0.0116. The fourth-order valence-electron chi connectivity index (χ4n) is 1.45. The van der Waals surface area contributed by atoms with Crippen LogP contribution in [0.3, 0.4) is 0 Å². The van der Waals surface area contributed by atoms with Crippen molar-refractivity contribution >= 4 is 0 Å². The number of alkyl halides is 3. The zero-order chi connectivity index (χ0) is 10.9. The van der Waals surface area contributed by atoms with Gasteiger partial charge >= 0.3 is 6.18 Å². The molecule has 1 aliphatic rings. The van der Waals surface area contributed by atoms with Crippen LogP contribution in [0.4, 0.5) is 13.2 Å². The van der Waals surface area contributed by atoms with Crippen molar-refractivity contribution in [3.8, 4) is 0 Å². The maximum Gasteiger partial charge on any atom is 0.417 e. The molecule has 1 aliphatic heterocycles. The summed E-state index contributed by atoms with van der Waals surface area (Å²) >= 11 is 0. The van der Waals surface area contributed by atoms with Gasteiger partial charge in [-0.1, -0.05) is 0 Å². The zero-order valence-corrected chi connectivity index (χ0v) is 8.09. The fourth-order valence-corrected chi connectivity index (χ4v) is 1.45. The number of nitrogens with zero attached hydrogens (tertiary/aromatic N) is 2. The van der Waals surface area contributed by atoms with Gasteiger partial charge in [-0.2, -0.15) is 13.2 Å². The summed E-state index contributed by atoms with van der Waals surface area (Å²) in [4.78, 5) is 5.95. The Hall–Kier alpha value is -1.10. The minimum Gasteiger partial charge on any atom is -0.297 e. The molecule has 1 saturated heterocycles. The summed E-state index contributed by atoms with van der Waals surface area (Å²) in [5.74, 6) is 0. The first kappa shape index (κ1) is 10.4. The first-order valence-electron chi connectivity index (χ1n) is 4.80. The number of hydrogen-bond donors (Lipinski definition) is 0. The van der Waals surface area contributed by atoms with Gasteiger partial charge in [-0.25, -0.2) is 0 Å². The molecular weight excluding hydrogens is 205 g/mol. The van der Waals surface area contributed by atoms with Gasteiger partial charge in [-0.05, 0) is 31.6 Å². The standard InChI is InChI=1S/C10H11F3N2/c11-10(12,13)8-2-3-9(14-6-8)7-15-4-1-5-15/h2-3,6H,1,4-5,7H2. The summed E-state index contributed by atoms with van der Waals surface area (Å²) in [6.07, 6.45) is -2.22. The molecule has 0 saturated carbocycles. The molecule has 0 N–H and O–H groups in total. The van der Waals surface area contributed by atoms with Crippen molar-refractivity contribution in [1.82, 2.24) is 9.88 Å². The van der Waals surface area contributed by atoms with Gasteiger partial charge in [0.15, 0.2) is 0 Å². The van der Waals surface area contributed by atoms with Crippen LogP contribution in [0.2, 0.25) is 0 Å². The van der Waals surface area contributed by atoms with Gasteiger partial charge in [-0.15, -0.1) is 0 Å². The molecule has 2 heterocycles. The van der Waals surface area contributed by atoms with Crippen LogP contribution in [0, 0.1) is 0 Å². The monoisotopic (exact) mass is 216 g/mol. The topological polar surface area (TPSA) is 16.1 Å². The van der Waals surface area contributed by atoms with E-state index in [2.05, 4.69) is 9.88 Å². The summed E-state index contributed by atoms with van der Waals surface area (Å²) in [6.45, 7) is 2.68. The average Bonchev–Trinajstić information content (AvgIpc) is 2.11. The highest BCUT2D eigenvalue weighted by Gasteiger charge is 2.30. The van der Waals surface area contributed by atoms with Crippen LogP contribution in [0.15, 0.2) is 18.3 Å². The number of likely N-dealkylation sites (tertiary alicyclic amines) is 1. The fraction of sp³-hybridized carbons (Fsp3) is 0.500. The van der Waals surface area contributed by atoms with Crippen molar-refractivity contribution in [2.75, 3.05) is 13.1 Å². The molecule has 15 heavy (non-hydrogen) atoms. The van der Waals surface area contributed by atoms with E-state index in [1.165, 1.54) is 12.5 Å². The second kappa shape index (κ2) is 3.81. The van der Waals surface area contributed by atoms with E-state index >= 15 is 0 Å². The molecule has 0 aromatic carbocycles. The number of hydrogen-bond acceptors (Lipinski definition) is 2. The van der Waals surface area contributed by atoms with Crippen molar-refractivity contribution in [2.45, 2.75) is 19.1 Å². The SMILES string of the molecule is FC(F)(F)c1ccc(CN2CCC2)nc1. The highest BCUT2D eigenvalue weighted by molar-refractivity contribution is 5.17. The quantitative estimate of drug-likeness (QED) is 0.754. The van der Waals surface area contributed by atoms with Crippen LogP contribution in [0.1, 0.15) is 17.7 Å². The van der Waals surface area contributed by atoms with Crippen LogP contribution < -0.4 is 0 Å². The average molecular weight is 216 g/mol. The minimum atomic E-state index is -4.29. The highest BCUT2D eigenvalue weighted by Crippen LogP contribution is 2.28.